The summed E-state index contributed by atoms with van der Waals surface area (Å²) in [6, 6.07) is 1.17. The van der Waals surface area contributed by atoms with Gasteiger partial charge in [0.25, 0.3) is 6.43 Å². The fourth-order valence-corrected chi connectivity index (χ4v) is 1.58. The summed E-state index contributed by atoms with van der Waals surface area (Å²) >= 11 is 2.86. The summed E-state index contributed by atoms with van der Waals surface area (Å²) in [6.07, 6.45) is -3.45. The molecule has 0 saturated carbocycles. The van der Waals surface area contributed by atoms with Crippen LogP contribution in [-0.2, 0) is 16.0 Å². The molecule has 0 N–H and O–H groups in total. The van der Waals surface area contributed by atoms with Crippen LogP contribution in [-0.4, -0.2) is 18.1 Å². The minimum atomic E-state index is -3.03. The van der Waals surface area contributed by atoms with Crippen LogP contribution in [0.5, 0.6) is 0 Å². The number of nitrogens with zero attached hydrogens (tertiary/aromatic N) is 1. The Morgan fingerprint density at radius 1 is 1.62 bits per heavy atom. The molecule has 0 atom stereocenters. The fraction of sp³-hybridized carbons (Fsp3) is 0.333. The number of alkyl halides is 2. The lowest BCUT2D eigenvalue weighted by Crippen LogP contribution is -2.09. The number of rotatable bonds is 3. The second kappa shape index (κ2) is 5.29. The van der Waals surface area contributed by atoms with Gasteiger partial charge in [0.2, 0.25) is 5.95 Å². The SMILES string of the molecule is COC(=O)Cc1cc(Br)nc(F)c1C(F)F. The Kier molecular flexibility index (Phi) is 4.28. The van der Waals surface area contributed by atoms with Gasteiger partial charge in [-0.25, -0.2) is 13.8 Å². The molecule has 16 heavy (non-hydrogen) atoms. The summed E-state index contributed by atoms with van der Waals surface area (Å²) in [5, 5.41) is 0. The molecule has 0 aliphatic heterocycles. The van der Waals surface area contributed by atoms with E-state index in [1.807, 2.05) is 0 Å². The van der Waals surface area contributed by atoms with Crippen molar-refractivity contribution in [3.05, 3.63) is 27.7 Å². The molecule has 0 spiro atoms. The molecule has 0 aliphatic rings. The van der Waals surface area contributed by atoms with E-state index in [9.17, 15) is 18.0 Å². The van der Waals surface area contributed by atoms with E-state index in [4.69, 9.17) is 0 Å². The summed E-state index contributed by atoms with van der Waals surface area (Å²) in [4.78, 5) is 14.2. The zero-order chi connectivity index (χ0) is 12.3. The largest absolute Gasteiger partial charge is 0.469 e. The van der Waals surface area contributed by atoms with Crippen LogP contribution in [0.4, 0.5) is 13.2 Å². The lowest BCUT2D eigenvalue weighted by Gasteiger charge is -2.08. The highest BCUT2D eigenvalue weighted by Gasteiger charge is 2.22. The predicted molar refractivity (Wildman–Crippen MR) is 52.6 cm³/mol. The van der Waals surface area contributed by atoms with Crippen LogP contribution in [0.25, 0.3) is 0 Å². The van der Waals surface area contributed by atoms with Gasteiger partial charge in [0, 0.05) is 0 Å². The maximum atomic E-state index is 13.1. The third kappa shape index (κ3) is 2.94. The summed E-state index contributed by atoms with van der Waals surface area (Å²) in [5.74, 6) is -2.01. The molecule has 0 fully saturated rings. The van der Waals surface area contributed by atoms with Crippen LogP contribution in [0.3, 0.4) is 0 Å². The van der Waals surface area contributed by atoms with Crippen molar-refractivity contribution in [1.82, 2.24) is 4.98 Å². The van der Waals surface area contributed by atoms with Gasteiger partial charge in [-0.3, -0.25) is 4.79 Å². The molecule has 3 nitrogen and oxygen atoms in total. The highest BCUT2D eigenvalue weighted by Crippen LogP contribution is 2.27. The van der Waals surface area contributed by atoms with Crippen LogP contribution in [0.15, 0.2) is 10.7 Å². The lowest BCUT2D eigenvalue weighted by molar-refractivity contribution is -0.139. The van der Waals surface area contributed by atoms with Crippen molar-refractivity contribution in [2.75, 3.05) is 7.11 Å². The van der Waals surface area contributed by atoms with E-state index in [0.717, 1.165) is 7.11 Å². The van der Waals surface area contributed by atoms with Gasteiger partial charge in [0.1, 0.15) is 4.60 Å². The Labute approximate surface area is 97.8 Å². The van der Waals surface area contributed by atoms with Crippen molar-refractivity contribution >= 4 is 21.9 Å². The third-order valence-electron chi connectivity index (χ3n) is 1.85. The molecule has 1 rings (SSSR count). The summed E-state index contributed by atoms with van der Waals surface area (Å²) in [5.41, 5.74) is -1.00. The molecule has 1 aromatic rings. The molecule has 0 saturated heterocycles. The van der Waals surface area contributed by atoms with E-state index < -0.39 is 30.3 Å². The number of pyridine rings is 1. The van der Waals surface area contributed by atoms with E-state index in [1.54, 1.807) is 0 Å². The number of aromatic nitrogens is 1. The lowest BCUT2D eigenvalue weighted by atomic mass is 10.1. The number of carbonyl (C=O) groups excluding carboxylic acids is 1. The standard InChI is InChI=1S/C9H7BrF3NO2/c1-16-6(15)3-4-2-5(10)14-9(13)7(4)8(11)12/h2,8H,3H2,1H3. The van der Waals surface area contributed by atoms with Crippen LogP contribution < -0.4 is 0 Å². The van der Waals surface area contributed by atoms with E-state index in [1.165, 1.54) is 6.07 Å². The molecule has 0 unspecified atom stereocenters. The number of ether oxygens (including phenoxy) is 1. The van der Waals surface area contributed by atoms with Gasteiger partial charge in [-0.2, -0.15) is 4.39 Å². The van der Waals surface area contributed by atoms with Crippen molar-refractivity contribution < 1.29 is 22.7 Å². The Bertz CT molecular complexity index is 412. The Balaban J connectivity index is 3.18. The van der Waals surface area contributed by atoms with Crippen molar-refractivity contribution in [3.63, 3.8) is 0 Å². The molecule has 0 bridgehead atoms. The van der Waals surface area contributed by atoms with Crippen molar-refractivity contribution in [1.29, 1.82) is 0 Å². The van der Waals surface area contributed by atoms with Gasteiger partial charge in [-0.1, -0.05) is 0 Å². The van der Waals surface area contributed by atoms with Crippen molar-refractivity contribution in [3.8, 4) is 0 Å². The average Bonchev–Trinajstić information content (AvgIpc) is 2.15. The quantitative estimate of drug-likeness (QED) is 0.636. The first-order valence-corrected chi connectivity index (χ1v) is 4.94. The summed E-state index contributed by atoms with van der Waals surface area (Å²) in [7, 11) is 1.12. The maximum absolute atomic E-state index is 13.1. The normalized spacial score (nSPS) is 10.6. The van der Waals surface area contributed by atoms with Gasteiger partial charge in [0.05, 0.1) is 19.1 Å². The number of methoxy groups -OCH3 is 1. The molecule has 0 amide bonds. The fourth-order valence-electron chi connectivity index (χ4n) is 1.14. The zero-order valence-electron chi connectivity index (χ0n) is 8.14. The number of carbonyl (C=O) groups is 1. The highest BCUT2D eigenvalue weighted by molar-refractivity contribution is 9.10. The highest BCUT2D eigenvalue weighted by atomic mass is 79.9. The average molecular weight is 298 g/mol. The predicted octanol–water partition coefficient (Wildman–Crippen LogP) is 2.64. The summed E-state index contributed by atoms with van der Waals surface area (Å²) < 4.78 is 42.6. The number of esters is 1. The molecule has 0 aromatic carbocycles. The van der Waals surface area contributed by atoms with Gasteiger partial charge in [-0.05, 0) is 27.6 Å². The monoisotopic (exact) mass is 297 g/mol. The first-order valence-electron chi connectivity index (χ1n) is 4.15. The first kappa shape index (κ1) is 13.0. The molecule has 0 radical (unpaired) electrons. The topological polar surface area (TPSA) is 39.2 Å². The Morgan fingerprint density at radius 3 is 2.75 bits per heavy atom. The molecule has 0 aliphatic carbocycles. The molecule has 88 valence electrons. The van der Waals surface area contributed by atoms with Crippen molar-refractivity contribution in [2.24, 2.45) is 0 Å². The van der Waals surface area contributed by atoms with Crippen LogP contribution in [0.2, 0.25) is 0 Å². The van der Waals surface area contributed by atoms with E-state index in [0.29, 0.717) is 0 Å². The number of hydrogen-bond donors (Lipinski definition) is 0. The van der Waals surface area contributed by atoms with Crippen LogP contribution in [0.1, 0.15) is 17.6 Å². The summed E-state index contributed by atoms with van der Waals surface area (Å²) in [6.45, 7) is 0. The van der Waals surface area contributed by atoms with Crippen molar-refractivity contribution in [2.45, 2.75) is 12.8 Å². The Morgan fingerprint density at radius 2 is 2.25 bits per heavy atom. The first-order chi connectivity index (χ1) is 7.45. The molecular formula is C9H7BrF3NO2. The molecule has 1 aromatic heterocycles. The molecule has 7 heteroatoms. The smallest absolute Gasteiger partial charge is 0.309 e. The molecular weight excluding hydrogens is 291 g/mol. The van der Waals surface area contributed by atoms with E-state index >= 15 is 0 Å². The maximum Gasteiger partial charge on any atom is 0.309 e. The van der Waals surface area contributed by atoms with Crippen LogP contribution >= 0.6 is 15.9 Å². The second-order valence-electron chi connectivity index (χ2n) is 2.86. The molecule has 1 heterocycles. The van der Waals surface area contributed by atoms with Gasteiger partial charge < -0.3 is 4.74 Å². The van der Waals surface area contributed by atoms with E-state index in [2.05, 4.69) is 25.7 Å². The number of halogens is 4. The van der Waals surface area contributed by atoms with Gasteiger partial charge in [0.15, 0.2) is 0 Å². The minimum Gasteiger partial charge on any atom is -0.469 e. The zero-order valence-corrected chi connectivity index (χ0v) is 9.72. The second-order valence-corrected chi connectivity index (χ2v) is 3.67. The Hall–Kier alpha value is -1.11. The minimum absolute atomic E-state index is 0.0494. The van der Waals surface area contributed by atoms with E-state index in [-0.39, 0.29) is 10.2 Å². The third-order valence-corrected chi connectivity index (χ3v) is 2.25. The van der Waals surface area contributed by atoms with Gasteiger partial charge >= 0.3 is 5.97 Å². The van der Waals surface area contributed by atoms with Gasteiger partial charge in [-0.15, -0.1) is 0 Å². The van der Waals surface area contributed by atoms with Crippen LogP contribution in [0, 0.1) is 5.95 Å². The number of hydrogen-bond acceptors (Lipinski definition) is 3.